The summed E-state index contributed by atoms with van der Waals surface area (Å²) < 4.78 is 0. The lowest BCUT2D eigenvalue weighted by molar-refractivity contribution is -0.120. The molecule has 1 aromatic heterocycles. The molecule has 3 N–H and O–H groups in total. The molecule has 96 valence electrons. The molecule has 1 fully saturated rings. The molecule has 3 rings (SSSR count). The summed E-state index contributed by atoms with van der Waals surface area (Å²) in [6.45, 7) is 0.285. The molecule has 1 aliphatic heterocycles. The third kappa shape index (κ3) is 1.95. The lowest BCUT2D eigenvalue weighted by Crippen LogP contribution is -2.50. The number of nitrogen functional groups attached to an aromatic ring is 1. The zero-order valence-electron chi connectivity index (χ0n) is 9.96. The summed E-state index contributed by atoms with van der Waals surface area (Å²) in [7, 11) is 0. The van der Waals surface area contributed by atoms with E-state index < -0.39 is 6.03 Å². The topological polar surface area (TPSA) is 101 Å². The Morgan fingerprint density at radius 3 is 2.95 bits per heavy atom. The van der Waals surface area contributed by atoms with E-state index in [0.717, 1.165) is 10.8 Å². The van der Waals surface area contributed by atoms with Gasteiger partial charge in [0, 0.05) is 29.4 Å². The van der Waals surface area contributed by atoms with Crippen molar-refractivity contribution in [2.75, 3.05) is 17.2 Å². The van der Waals surface area contributed by atoms with E-state index in [4.69, 9.17) is 5.73 Å². The van der Waals surface area contributed by atoms with E-state index in [0.29, 0.717) is 11.5 Å². The van der Waals surface area contributed by atoms with Gasteiger partial charge in [-0.15, -0.1) is 5.10 Å². The zero-order valence-corrected chi connectivity index (χ0v) is 9.96. The second-order valence-corrected chi connectivity index (χ2v) is 4.27. The predicted octanol–water partition coefficient (Wildman–Crippen LogP) is 0.658. The van der Waals surface area contributed by atoms with Crippen LogP contribution in [0.4, 0.5) is 16.3 Å². The maximum atomic E-state index is 11.8. The van der Waals surface area contributed by atoms with E-state index in [1.165, 1.54) is 4.90 Å². The molecule has 1 aliphatic rings. The molecule has 0 atom stereocenters. The second kappa shape index (κ2) is 4.20. The molecule has 0 saturated carbocycles. The van der Waals surface area contributed by atoms with Crippen molar-refractivity contribution in [2.45, 2.75) is 6.42 Å². The number of imide groups is 1. The molecule has 0 unspecified atom stereocenters. The molecule has 2 heterocycles. The Morgan fingerprint density at radius 2 is 2.16 bits per heavy atom. The number of nitrogens with two attached hydrogens (primary N) is 1. The third-order valence-electron chi connectivity index (χ3n) is 2.98. The molecular formula is C12H11N5O2. The highest BCUT2D eigenvalue weighted by Gasteiger charge is 2.26. The summed E-state index contributed by atoms with van der Waals surface area (Å²) in [6.07, 6.45) is 1.84. The van der Waals surface area contributed by atoms with Gasteiger partial charge in [-0.05, 0) is 12.1 Å². The standard InChI is InChI=1S/C12H11N5O2/c13-8-2-1-7-6-14-16-11(9(7)5-8)17-4-3-10(18)15-12(17)19/h1-2,5-6H,3-4,13H2,(H,15,18,19). The molecule has 1 aromatic carbocycles. The van der Waals surface area contributed by atoms with Crippen molar-refractivity contribution in [3.63, 3.8) is 0 Å². The smallest absolute Gasteiger partial charge is 0.329 e. The Kier molecular flexibility index (Phi) is 2.52. The molecule has 3 amide bonds. The minimum absolute atomic E-state index is 0.242. The number of fused-ring (bicyclic) bond motifs is 1. The predicted molar refractivity (Wildman–Crippen MR) is 69.5 cm³/mol. The number of nitrogens with one attached hydrogen (secondary N) is 1. The SMILES string of the molecule is Nc1ccc2cnnc(N3CCC(=O)NC3=O)c2c1. The summed E-state index contributed by atoms with van der Waals surface area (Å²) in [5.41, 5.74) is 6.34. The van der Waals surface area contributed by atoms with Crippen molar-refractivity contribution in [3.05, 3.63) is 24.4 Å². The first-order valence-corrected chi connectivity index (χ1v) is 5.77. The van der Waals surface area contributed by atoms with Gasteiger partial charge in [-0.1, -0.05) is 6.07 Å². The number of carbonyl (C=O) groups is 2. The Bertz CT molecular complexity index is 685. The summed E-state index contributed by atoms with van der Waals surface area (Å²) in [6, 6.07) is 4.83. The molecule has 1 saturated heterocycles. The molecular weight excluding hydrogens is 246 g/mol. The number of anilines is 2. The van der Waals surface area contributed by atoms with Gasteiger partial charge in [-0.3, -0.25) is 15.0 Å². The van der Waals surface area contributed by atoms with Crippen molar-refractivity contribution in [2.24, 2.45) is 0 Å². The Hall–Kier alpha value is -2.70. The van der Waals surface area contributed by atoms with Gasteiger partial charge in [-0.2, -0.15) is 5.10 Å². The first-order valence-electron chi connectivity index (χ1n) is 5.77. The van der Waals surface area contributed by atoms with Crippen LogP contribution in [0.5, 0.6) is 0 Å². The highest BCUT2D eigenvalue weighted by molar-refractivity contribution is 6.09. The Labute approximate surface area is 108 Å². The van der Waals surface area contributed by atoms with Gasteiger partial charge in [0.05, 0.1) is 6.20 Å². The number of rotatable bonds is 1. The molecule has 7 heteroatoms. The third-order valence-corrected chi connectivity index (χ3v) is 2.98. The molecule has 0 bridgehead atoms. The lowest BCUT2D eigenvalue weighted by atomic mass is 10.1. The van der Waals surface area contributed by atoms with E-state index in [9.17, 15) is 9.59 Å². The maximum Gasteiger partial charge on any atom is 0.329 e. The van der Waals surface area contributed by atoms with Crippen LogP contribution in [0.15, 0.2) is 24.4 Å². The van der Waals surface area contributed by atoms with Crippen LogP contribution in [0.2, 0.25) is 0 Å². The zero-order chi connectivity index (χ0) is 13.4. The molecule has 2 aromatic rings. The number of carbonyl (C=O) groups excluding carboxylic acids is 2. The second-order valence-electron chi connectivity index (χ2n) is 4.27. The largest absolute Gasteiger partial charge is 0.399 e. The van der Waals surface area contributed by atoms with Crippen LogP contribution in [-0.2, 0) is 4.79 Å². The minimum Gasteiger partial charge on any atom is -0.399 e. The van der Waals surface area contributed by atoms with Gasteiger partial charge in [0.25, 0.3) is 0 Å². The van der Waals surface area contributed by atoms with Gasteiger partial charge >= 0.3 is 6.03 Å². The van der Waals surface area contributed by atoms with Crippen molar-refractivity contribution >= 4 is 34.2 Å². The van der Waals surface area contributed by atoms with Gasteiger partial charge in [0.2, 0.25) is 5.91 Å². The summed E-state index contributed by atoms with van der Waals surface area (Å²) >= 11 is 0. The lowest BCUT2D eigenvalue weighted by Gasteiger charge is -2.25. The number of benzene rings is 1. The Morgan fingerprint density at radius 1 is 1.32 bits per heavy atom. The van der Waals surface area contributed by atoms with Crippen molar-refractivity contribution < 1.29 is 9.59 Å². The van der Waals surface area contributed by atoms with Gasteiger partial charge in [0.15, 0.2) is 5.82 Å². The van der Waals surface area contributed by atoms with E-state index in [-0.39, 0.29) is 18.9 Å². The Balaban J connectivity index is 2.12. The fourth-order valence-corrected chi connectivity index (χ4v) is 2.05. The van der Waals surface area contributed by atoms with Gasteiger partial charge in [-0.25, -0.2) is 4.79 Å². The van der Waals surface area contributed by atoms with Gasteiger partial charge < -0.3 is 5.73 Å². The average molecular weight is 257 g/mol. The van der Waals surface area contributed by atoms with E-state index in [1.807, 2.05) is 6.07 Å². The molecule has 7 nitrogen and oxygen atoms in total. The monoisotopic (exact) mass is 257 g/mol. The highest BCUT2D eigenvalue weighted by atomic mass is 16.2. The van der Waals surface area contributed by atoms with E-state index in [2.05, 4.69) is 15.5 Å². The van der Waals surface area contributed by atoms with Crippen molar-refractivity contribution in [1.82, 2.24) is 15.5 Å². The number of hydrogen-bond donors (Lipinski definition) is 2. The van der Waals surface area contributed by atoms with Crippen LogP contribution in [0.3, 0.4) is 0 Å². The highest BCUT2D eigenvalue weighted by Crippen LogP contribution is 2.26. The number of urea groups is 1. The van der Waals surface area contributed by atoms with Crippen LogP contribution >= 0.6 is 0 Å². The van der Waals surface area contributed by atoms with Crippen LogP contribution in [-0.4, -0.2) is 28.7 Å². The number of hydrogen-bond acceptors (Lipinski definition) is 5. The first-order chi connectivity index (χ1) is 9.15. The normalized spacial score (nSPS) is 15.7. The first kappa shape index (κ1) is 11.4. The summed E-state index contributed by atoms with van der Waals surface area (Å²) in [4.78, 5) is 24.4. The number of nitrogens with zero attached hydrogens (tertiary/aromatic N) is 3. The summed E-state index contributed by atoms with van der Waals surface area (Å²) in [5.74, 6) is 0.128. The minimum atomic E-state index is -0.486. The molecule has 0 spiro atoms. The maximum absolute atomic E-state index is 11.8. The fourth-order valence-electron chi connectivity index (χ4n) is 2.05. The number of aromatic nitrogens is 2. The van der Waals surface area contributed by atoms with Crippen molar-refractivity contribution in [3.8, 4) is 0 Å². The van der Waals surface area contributed by atoms with E-state index >= 15 is 0 Å². The van der Waals surface area contributed by atoms with E-state index in [1.54, 1.807) is 18.3 Å². The van der Waals surface area contributed by atoms with Crippen LogP contribution in [0.25, 0.3) is 10.8 Å². The molecule has 0 aliphatic carbocycles. The molecule has 0 radical (unpaired) electrons. The quantitative estimate of drug-likeness (QED) is 0.731. The van der Waals surface area contributed by atoms with Crippen LogP contribution in [0, 0.1) is 0 Å². The van der Waals surface area contributed by atoms with Crippen LogP contribution < -0.4 is 16.0 Å². The van der Waals surface area contributed by atoms with Crippen LogP contribution in [0.1, 0.15) is 6.42 Å². The van der Waals surface area contributed by atoms with Gasteiger partial charge in [0.1, 0.15) is 0 Å². The number of amides is 3. The summed E-state index contributed by atoms with van der Waals surface area (Å²) in [5, 5.41) is 11.7. The average Bonchev–Trinajstić information content (AvgIpc) is 2.38. The molecule has 19 heavy (non-hydrogen) atoms. The fraction of sp³-hybridized carbons (Fsp3) is 0.167. The van der Waals surface area contributed by atoms with Crippen molar-refractivity contribution in [1.29, 1.82) is 0 Å².